The van der Waals surface area contributed by atoms with Crippen LogP contribution < -0.4 is 0 Å². The largest absolute Gasteiger partial charge is 0.416 e. The second kappa shape index (κ2) is 6.09. The molecular formula is C16H8BrF3N4. The normalized spacial score (nSPS) is 11.3. The van der Waals surface area contributed by atoms with Crippen molar-refractivity contribution in [2.75, 3.05) is 0 Å². The molecule has 0 fully saturated rings. The number of nitriles is 1. The van der Waals surface area contributed by atoms with Gasteiger partial charge in [-0.15, -0.1) is 5.10 Å². The van der Waals surface area contributed by atoms with Crippen molar-refractivity contribution in [3.8, 4) is 23.0 Å². The highest BCUT2D eigenvalue weighted by atomic mass is 79.9. The fourth-order valence-electron chi connectivity index (χ4n) is 2.20. The summed E-state index contributed by atoms with van der Waals surface area (Å²) in [5.74, 6) is 0. The first-order valence-corrected chi connectivity index (χ1v) is 7.49. The monoisotopic (exact) mass is 392 g/mol. The van der Waals surface area contributed by atoms with E-state index in [9.17, 15) is 18.4 Å². The molecule has 4 nitrogen and oxygen atoms in total. The molecule has 3 aromatic rings. The van der Waals surface area contributed by atoms with Crippen molar-refractivity contribution in [1.29, 1.82) is 5.26 Å². The van der Waals surface area contributed by atoms with Crippen LogP contribution in [0.4, 0.5) is 13.2 Å². The van der Waals surface area contributed by atoms with Crippen LogP contribution in [0.15, 0.2) is 53.0 Å². The van der Waals surface area contributed by atoms with E-state index in [1.807, 2.05) is 6.07 Å². The van der Waals surface area contributed by atoms with Crippen LogP contribution in [0.5, 0.6) is 0 Å². The first-order chi connectivity index (χ1) is 11.4. The number of alkyl halides is 3. The number of aromatic nitrogens is 3. The summed E-state index contributed by atoms with van der Waals surface area (Å²) >= 11 is 3.32. The van der Waals surface area contributed by atoms with Crippen LogP contribution >= 0.6 is 15.9 Å². The molecule has 0 bridgehead atoms. The van der Waals surface area contributed by atoms with Gasteiger partial charge in [0.2, 0.25) is 0 Å². The summed E-state index contributed by atoms with van der Waals surface area (Å²) < 4.78 is 40.3. The highest BCUT2D eigenvalue weighted by Gasteiger charge is 2.30. The number of benzene rings is 2. The number of hydrogen-bond acceptors (Lipinski definition) is 3. The van der Waals surface area contributed by atoms with Gasteiger partial charge in [-0.25, -0.2) is 4.68 Å². The molecule has 0 atom stereocenters. The van der Waals surface area contributed by atoms with Crippen molar-refractivity contribution >= 4 is 15.9 Å². The Morgan fingerprint density at radius 1 is 1.00 bits per heavy atom. The second-order valence-electron chi connectivity index (χ2n) is 4.86. The molecule has 8 heteroatoms. The summed E-state index contributed by atoms with van der Waals surface area (Å²) in [6.07, 6.45) is -4.41. The molecule has 24 heavy (non-hydrogen) atoms. The van der Waals surface area contributed by atoms with Gasteiger partial charge < -0.3 is 0 Å². The molecule has 0 N–H and O–H groups in total. The minimum absolute atomic E-state index is 0.0946. The molecule has 1 heterocycles. The third-order valence-corrected chi connectivity index (χ3v) is 3.86. The average Bonchev–Trinajstić information content (AvgIpc) is 2.99. The lowest BCUT2D eigenvalue weighted by atomic mass is 10.1. The van der Waals surface area contributed by atoms with Crippen molar-refractivity contribution in [2.45, 2.75) is 6.18 Å². The molecule has 0 aliphatic rings. The maximum atomic E-state index is 12.7. The number of halogens is 4. The van der Waals surface area contributed by atoms with Gasteiger partial charge in [0.05, 0.1) is 11.3 Å². The first kappa shape index (κ1) is 16.2. The molecule has 0 saturated heterocycles. The minimum Gasteiger partial charge on any atom is -0.211 e. The Morgan fingerprint density at radius 2 is 1.62 bits per heavy atom. The second-order valence-corrected chi connectivity index (χ2v) is 5.78. The smallest absolute Gasteiger partial charge is 0.211 e. The molecule has 0 amide bonds. The van der Waals surface area contributed by atoms with Gasteiger partial charge >= 0.3 is 6.18 Å². The van der Waals surface area contributed by atoms with E-state index in [4.69, 9.17) is 0 Å². The van der Waals surface area contributed by atoms with E-state index in [2.05, 4.69) is 26.2 Å². The Labute approximate surface area is 143 Å². The van der Waals surface area contributed by atoms with Gasteiger partial charge in [-0.1, -0.05) is 33.3 Å². The molecule has 0 spiro atoms. The molecule has 0 unspecified atom stereocenters. The van der Waals surface area contributed by atoms with Crippen LogP contribution in [-0.2, 0) is 6.18 Å². The zero-order valence-electron chi connectivity index (χ0n) is 11.9. The number of hydrogen-bond donors (Lipinski definition) is 0. The lowest BCUT2D eigenvalue weighted by molar-refractivity contribution is -0.137. The Balaban J connectivity index is 2.11. The molecule has 2 aromatic carbocycles. The minimum atomic E-state index is -4.41. The highest BCUT2D eigenvalue weighted by molar-refractivity contribution is 9.10. The Hall–Kier alpha value is -2.66. The van der Waals surface area contributed by atoms with Crippen LogP contribution in [0, 0.1) is 11.3 Å². The van der Waals surface area contributed by atoms with Crippen molar-refractivity contribution in [3.63, 3.8) is 0 Å². The predicted molar refractivity (Wildman–Crippen MR) is 84.2 cm³/mol. The summed E-state index contributed by atoms with van der Waals surface area (Å²) in [4.78, 5) is 0. The summed E-state index contributed by atoms with van der Waals surface area (Å²) in [6, 6.07) is 13.6. The molecule has 0 aliphatic heterocycles. The fraction of sp³-hybridized carbons (Fsp3) is 0.0625. The van der Waals surface area contributed by atoms with Crippen molar-refractivity contribution in [1.82, 2.24) is 15.0 Å². The van der Waals surface area contributed by atoms with Gasteiger partial charge in [0.15, 0.2) is 5.69 Å². The lowest BCUT2D eigenvalue weighted by Crippen LogP contribution is -2.06. The van der Waals surface area contributed by atoms with E-state index in [1.54, 1.807) is 24.3 Å². The highest BCUT2D eigenvalue weighted by Crippen LogP contribution is 2.31. The summed E-state index contributed by atoms with van der Waals surface area (Å²) in [7, 11) is 0. The molecule has 0 saturated carbocycles. The standard InChI is InChI=1S/C16H8BrF3N4/c17-12-5-1-10(2-6-12)15-14(9-21)22-23-24(15)13-7-3-11(4-8-13)16(18,19)20/h1-8H. The zero-order valence-corrected chi connectivity index (χ0v) is 13.5. The topological polar surface area (TPSA) is 54.5 Å². The quantitative estimate of drug-likeness (QED) is 0.640. The predicted octanol–water partition coefficient (Wildman–Crippen LogP) is 4.59. The maximum Gasteiger partial charge on any atom is 0.416 e. The van der Waals surface area contributed by atoms with E-state index in [0.717, 1.165) is 16.6 Å². The Bertz CT molecular complexity index is 906. The Morgan fingerprint density at radius 3 is 2.17 bits per heavy atom. The summed E-state index contributed by atoms with van der Waals surface area (Å²) in [6.45, 7) is 0. The van der Waals surface area contributed by atoms with Crippen LogP contribution in [0.25, 0.3) is 16.9 Å². The average molecular weight is 393 g/mol. The first-order valence-electron chi connectivity index (χ1n) is 6.69. The Kier molecular flexibility index (Phi) is 4.11. The van der Waals surface area contributed by atoms with Crippen LogP contribution in [0.1, 0.15) is 11.3 Å². The van der Waals surface area contributed by atoms with E-state index in [1.165, 1.54) is 16.8 Å². The third-order valence-electron chi connectivity index (χ3n) is 3.33. The molecule has 3 rings (SSSR count). The van der Waals surface area contributed by atoms with E-state index in [0.29, 0.717) is 16.9 Å². The lowest BCUT2D eigenvalue weighted by Gasteiger charge is -2.09. The van der Waals surface area contributed by atoms with Crippen molar-refractivity contribution in [3.05, 3.63) is 64.3 Å². The molecule has 0 radical (unpaired) electrons. The van der Waals surface area contributed by atoms with E-state index < -0.39 is 11.7 Å². The molecule has 0 aliphatic carbocycles. The van der Waals surface area contributed by atoms with Gasteiger partial charge in [0, 0.05) is 10.0 Å². The fourth-order valence-corrected chi connectivity index (χ4v) is 2.46. The van der Waals surface area contributed by atoms with Crippen LogP contribution in [0.2, 0.25) is 0 Å². The summed E-state index contributed by atoms with van der Waals surface area (Å²) in [5.41, 5.74) is 0.827. The van der Waals surface area contributed by atoms with Gasteiger partial charge in [-0.3, -0.25) is 0 Å². The van der Waals surface area contributed by atoms with Crippen molar-refractivity contribution < 1.29 is 13.2 Å². The van der Waals surface area contributed by atoms with Gasteiger partial charge in [0.1, 0.15) is 11.8 Å². The number of rotatable bonds is 2. The van der Waals surface area contributed by atoms with Gasteiger partial charge in [-0.2, -0.15) is 18.4 Å². The van der Waals surface area contributed by atoms with E-state index >= 15 is 0 Å². The van der Waals surface area contributed by atoms with Crippen LogP contribution in [0.3, 0.4) is 0 Å². The number of nitrogens with zero attached hydrogens (tertiary/aromatic N) is 4. The summed E-state index contributed by atoms with van der Waals surface area (Å²) in [5, 5.41) is 16.9. The van der Waals surface area contributed by atoms with Gasteiger partial charge in [0.25, 0.3) is 0 Å². The van der Waals surface area contributed by atoms with Gasteiger partial charge in [-0.05, 0) is 36.4 Å². The molecule has 1 aromatic heterocycles. The molecular weight excluding hydrogens is 385 g/mol. The zero-order chi connectivity index (χ0) is 17.3. The van der Waals surface area contributed by atoms with Crippen molar-refractivity contribution in [2.24, 2.45) is 0 Å². The van der Waals surface area contributed by atoms with Crippen LogP contribution in [-0.4, -0.2) is 15.0 Å². The third kappa shape index (κ3) is 3.03. The maximum absolute atomic E-state index is 12.7. The molecule has 120 valence electrons. The SMILES string of the molecule is N#Cc1nnn(-c2ccc(C(F)(F)F)cc2)c1-c1ccc(Br)cc1. The van der Waals surface area contributed by atoms with E-state index in [-0.39, 0.29) is 5.69 Å².